The van der Waals surface area contributed by atoms with Gasteiger partial charge in [0.25, 0.3) is 0 Å². The molecule has 0 radical (unpaired) electrons. The van der Waals surface area contributed by atoms with Gasteiger partial charge in [-0.3, -0.25) is 0 Å². The minimum atomic E-state index is -2.49. The van der Waals surface area contributed by atoms with Crippen molar-refractivity contribution in [2.24, 2.45) is 0 Å². The Kier molecular flexibility index (Phi) is 10.8. The highest BCUT2D eigenvalue weighted by Crippen LogP contribution is 2.68. The average molecular weight is 1150 g/mol. The summed E-state index contributed by atoms with van der Waals surface area (Å²) in [6, 6.07) is 18.8. The molecule has 14 rings (SSSR count). The molecule has 0 saturated carbocycles. The van der Waals surface area contributed by atoms with Gasteiger partial charge in [0.15, 0.2) is 52.1 Å². The molecule has 0 aliphatic carbocycles. The number of ether oxygens (including phenoxy) is 6. The van der Waals surface area contributed by atoms with Crippen molar-refractivity contribution in [3.63, 3.8) is 0 Å². The molecule has 24 nitrogen and oxygen atoms in total. The third kappa shape index (κ3) is 7.01. The lowest BCUT2D eigenvalue weighted by atomic mass is 9.70. The van der Waals surface area contributed by atoms with Crippen LogP contribution < -0.4 is 28.4 Å². The number of fused-ring (bicyclic) bond motifs is 16. The van der Waals surface area contributed by atoms with Crippen molar-refractivity contribution in [1.82, 2.24) is 0 Å². The van der Waals surface area contributed by atoms with Crippen molar-refractivity contribution >= 4 is 0 Å². The van der Waals surface area contributed by atoms with E-state index in [1.54, 1.807) is 0 Å². The number of hydrogen-bond donors (Lipinski definition) is 18. The van der Waals surface area contributed by atoms with E-state index in [-0.39, 0.29) is 79.5 Å². The Morgan fingerprint density at radius 1 is 0.345 bits per heavy atom. The number of aromatic hydroxyl groups is 14. The monoisotopic (exact) mass is 1150 g/mol. The van der Waals surface area contributed by atoms with Gasteiger partial charge in [-0.2, -0.15) is 0 Å². The van der Waals surface area contributed by atoms with Crippen LogP contribution in [0.25, 0.3) is 0 Å². The first kappa shape index (κ1) is 51.7. The van der Waals surface area contributed by atoms with Crippen LogP contribution in [-0.4, -0.2) is 116 Å². The zero-order chi connectivity index (χ0) is 59.1. The van der Waals surface area contributed by atoms with Crippen LogP contribution in [0.5, 0.6) is 115 Å². The molecule has 0 spiro atoms. The van der Waals surface area contributed by atoms with Crippen molar-refractivity contribution < 1.29 is 120 Å². The molecule has 0 amide bonds. The summed E-state index contributed by atoms with van der Waals surface area (Å²) in [5.41, 5.74) is -2.17. The molecule has 4 bridgehead atoms. The normalized spacial score (nSPS) is 26.3. The van der Waals surface area contributed by atoms with E-state index in [0.29, 0.717) is 0 Å². The highest BCUT2D eigenvalue weighted by Gasteiger charge is 2.63. The van der Waals surface area contributed by atoms with Gasteiger partial charge in [-0.15, -0.1) is 0 Å². The zero-order valence-electron chi connectivity index (χ0n) is 42.7. The van der Waals surface area contributed by atoms with E-state index in [1.807, 2.05) is 0 Å². The van der Waals surface area contributed by atoms with Crippen molar-refractivity contribution in [1.29, 1.82) is 0 Å². The second kappa shape index (κ2) is 17.6. The van der Waals surface area contributed by atoms with Gasteiger partial charge in [-0.1, -0.05) is 12.1 Å². The lowest BCUT2D eigenvalue weighted by Crippen LogP contribution is -2.57. The first-order chi connectivity index (χ1) is 40.0. The molecule has 6 heterocycles. The number of phenolic OH excluding ortho intramolecular Hbond substituents is 14. The smallest absolute Gasteiger partial charge is 0.305 e. The van der Waals surface area contributed by atoms with Crippen LogP contribution in [0.3, 0.4) is 0 Å². The van der Waals surface area contributed by atoms with Gasteiger partial charge in [0.05, 0.1) is 23.9 Å². The molecular weight excluding hydrogens is 1100 g/mol. The molecule has 8 aromatic rings. The maximum Gasteiger partial charge on any atom is 0.305 e. The Bertz CT molecular complexity index is 4180. The number of phenols is 14. The number of aliphatic hydroxyl groups excluding tert-OH is 4. The van der Waals surface area contributed by atoms with Crippen LogP contribution >= 0.6 is 0 Å². The van der Waals surface area contributed by atoms with Crippen LogP contribution in [0.15, 0.2) is 103 Å². The fourth-order valence-corrected chi connectivity index (χ4v) is 12.9. The van der Waals surface area contributed by atoms with Gasteiger partial charge >= 0.3 is 11.6 Å². The van der Waals surface area contributed by atoms with Gasteiger partial charge in [-0.25, -0.2) is 0 Å². The summed E-state index contributed by atoms with van der Waals surface area (Å²) < 4.78 is 39.1. The summed E-state index contributed by atoms with van der Waals surface area (Å²) in [4.78, 5) is 0. The standard InChI is InChI=1S/C60H46O24/c61-23-13-34(71)42-38(14-23)81-59(21-3-7-27(64)32(69)11-21)57(77)49(42)47-41(84-59)18-36(73)44-48(52(76)54(80-56(44)47)20-2-6-26(63)31(68)10-20)43-35(72)17-39-45(51(43)75)50-46-40(83-60(82-39,58(50)78)22-4-8-28(65)33(70)12-22)16-29(66)24-15-37(74)53(79-55(24)46)19-1-5-25(62)30(67)9-19/h1-14,16-18,37,48-50,52-54,57-58,61-78H,15H2/t37-,48+,49-,50-,52-,53-,54-,57-,58-,59+,60+/m1/s1. The van der Waals surface area contributed by atoms with Crippen molar-refractivity contribution in [2.45, 2.75) is 72.4 Å². The van der Waals surface area contributed by atoms with Gasteiger partial charge in [0.2, 0.25) is 0 Å². The Morgan fingerprint density at radius 3 is 1.31 bits per heavy atom. The van der Waals surface area contributed by atoms with E-state index in [4.69, 9.17) is 28.4 Å². The minimum absolute atomic E-state index is 0.0346. The highest BCUT2D eigenvalue weighted by atomic mass is 16.7. The average Bonchev–Trinajstić information content (AvgIpc) is 0.777. The molecular formula is C60H46O24. The fraction of sp³-hybridized carbons (Fsp3) is 0.200. The molecule has 84 heavy (non-hydrogen) atoms. The third-order valence-electron chi connectivity index (χ3n) is 16.7. The summed E-state index contributed by atoms with van der Waals surface area (Å²) in [5.74, 6) is -21.3. The molecule has 0 fully saturated rings. The molecule has 6 aliphatic heterocycles. The van der Waals surface area contributed by atoms with Crippen LogP contribution in [0.4, 0.5) is 0 Å². The largest absolute Gasteiger partial charge is 0.508 e. The van der Waals surface area contributed by atoms with E-state index in [9.17, 15) is 91.9 Å². The van der Waals surface area contributed by atoms with E-state index >= 15 is 0 Å². The van der Waals surface area contributed by atoms with Crippen LogP contribution in [0, 0.1) is 0 Å². The lowest BCUT2D eigenvalue weighted by molar-refractivity contribution is -0.219. The molecule has 8 aromatic carbocycles. The maximum atomic E-state index is 13.3. The van der Waals surface area contributed by atoms with Crippen LogP contribution in [0.2, 0.25) is 0 Å². The molecule has 18 N–H and O–H groups in total. The highest BCUT2D eigenvalue weighted by molar-refractivity contribution is 5.74. The van der Waals surface area contributed by atoms with Crippen LogP contribution in [-0.2, 0) is 18.0 Å². The first-order valence-electron chi connectivity index (χ1n) is 25.8. The summed E-state index contributed by atoms with van der Waals surface area (Å²) in [6.45, 7) is 0. The Balaban J connectivity index is 1.02. The molecule has 11 atom stereocenters. The summed E-state index contributed by atoms with van der Waals surface area (Å²) in [5, 5.41) is 207. The number of rotatable bonds is 5. The quantitative estimate of drug-likeness (QED) is 0.0947. The predicted octanol–water partition coefficient (Wildman–Crippen LogP) is 5.49. The maximum absolute atomic E-state index is 13.3. The van der Waals surface area contributed by atoms with Crippen molar-refractivity contribution in [2.75, 3.05) is 0 Å². The van der Waals surface area contributed by atoms with E-state index < -0.39 is 169 Å². The van der Waals surface area contributed by atoms with Gasteiger partial charge in [0.1, 0.15) is 93.4 Å². The van der Waals surface area contributed by atoms with E-state index in [1.165, 1.54) is 24.3 Å². The fourth-order valence-electron chi connectivity index (χ4n) is 12.9. The minimum Gasteiger partial charge on any atom is -0.508 e. The van der Waals surface area contributed by atoms with E-state index in [0.717, 1.165) is 78.9 Å². The topological polar surface area (TPSA) is 420 Å². The van der Waals surface area contributed by atoms with Crippen molar-refractivity contribution in [3.05, 3.63) is 164 Å². The Morgan fingerprint density at radius 2 is 0.774 bits per heavy atom. The third-order valence-corrected chi connectivity index (χ3v) is 16.7. The Hall–Kier alpha value is -10.4. The summed E-state index contributed by atoms with van der Waals surface area (Å²) in [7, 11) is 0. The molecule has 6 aliphatic rings. The molecule has 430 valence electrons. The predicted molar refractivity (Wildman–Crippen MR) is 281 cm³/mol. The summed E-state index contributed by atoms with van der Waals surface area (Å²) >= 11 is 0. The van der Waals surface area contributed by atoms with E-state index in [2.05, 4.69) is 0 Å². The van der Waals surface area contributed by atoms with Crippen LogP contribution in [0.1, 0.15) is 91.2 Å². The van der Waals surface area contributed by atoms with Gasteiger partial charge in [0, 0.05) is 86.8 Å². The SMILES string of the molecule is Oc1cc(O)c2c(c1)O[C@@]1(c3ccc(O)c(O)c3)Oc3cc(O)c4c(c3[C@@H]2[C@H]1O)O[C@H](c1ccc(O)c(O)c1)[C@H](O)[C@H]4c1c(O)cc2c(c1O)[C@@H]1c3c(cc(O)c4c3O[C@H](c3ccc(O)c(O)c3)[C@H](O)C4)O[C@](c3ccc(O)c(O)c3)(O2)[C@@H]1O. The number of hydrogen-bond acceptors (Lipinski definition) is 24. The molecule has 0 aromatic heterocycles. The van der Waals surface area contributed by atoms with Crippen molar-refractivity contribution in [3.8, 4) is 115 Å². The zero-order valence-corrected chi connectivity index (χ0v) is 42.7. The number of benzene rings is 8. The van der Waals surface area contributed by atoms with Gasteiger partial charge < -0.3 is 120 Å². The second-order valence-electron chi connectivity index (χ2n) is 21.4. The molecule has 0 saturated heterocycles. The summed E-state index contributed by atoms with van der Waals surface area (Å²) in [6.07, 6.45) is -11.0. The second-order valence-corrected chi connectivity index (χ2v) is 21.4. The lowest BCUT2D eigenvalue weighted by Gasteiger charge is -2.51. The number of aliphatic hydroxyl groups is 4. The molecule has 0 unspecified atom stereocenters. The Labute approximate surface area is 470 Å². The first-order valence-corrected chi connectivity index (χ1v) is 25.8. The molecule has 24 heteroatoms. The van der Waals surface area contributed by atoms with Gasteiger partial charge in [-0.05, 0) is 71.8 Å².